The van der Waals surface area contributed by atoms with Crippen molar-refractivity contribution in [2.75, 3.05) is 13.2 Å². The minimum atomic E-state index is -0.190. The second-order valence-electron chi connectivity index (χ2n) is 6.56. The Balaban J connectivity index is 1.66. The van der Waals surface area contributed by atoms with Crippen LogP contribution in [0.25, 0.3) is 22.4 Å². The monoisotopic (exact) mass is 419 g/mol. The van der Waals surface area contributed by atoms with Crippen molar-refractivity contribution in [3.05, 3.63) is 81.6 Å². The van der Waals surface area contributed by atoms with Crippen LogP contribution < -0.4 is 19.6 Å². The van der Waals surface area contributed by atoms with Gasteiger partial charge in [0, 0.05) is 11.1 Å². The Morgan fingerprint density at radius 1 is 1.13 bits per heavy atom. The molecule has 4 aromatic rings. The molecule has 0 saturated heterocycles. The minimum Gasteiger partial charge on any atom is -0.493 e. The Hall–Kier alpha value is -3.45. The Labute approximate surface area is 177 Å². The first-order chi connectivity index (χ1) is 14.7. The fourth-order valence-electron chi connectivity index (χ4n) is 2.90. The van der Waals surface area contributed by atoms with Gasteiger partial charge in [0.25, 0.3) is 5.56 Å². The van der Waals surface area contributed by atoms with E-state index in [1.807, 2.05) is 54.6 Å². The third-order valence-corrected chi connectivity index (χ3v) is 5.29. The van der Waals surface area contributed by atoms with Crippen molar-refractivity contribution < 1.29 is 9.47 Å². The Morgan fingerprint density at radius 2 is 1.93 bits per heavy atom. The third-order valence-electron chi connectivity index (χ3n) is 4.33. The summed E-state index contributed by atoms with van der Waals surface area (Å²) >= 11 is 1.31. The number of benzene rings is 2. The summed E-state index contributed by atoms with van der Waals surface area (Å²) in [6.45, 7) is 6.77. The highest BCUT2D eigenvalue weighted by molar-refractivity contribution is 7.15. The lowest BCUT2D eigenvalue weighted by Gasteiger charge is -2.07. The maximum atomic E-state index is 12.8. The third kappa shape index (κ3) is 4.11. The molecule has 6 nitrogen and oxygen atoms in total. The number of ether oxygens (including phenoxy) is 2. The van der Waals surface area contributed by atoms with Gasteiger partial charge < -0.3 is 9.47 Å². The molecule has 0 aliphatic heterocycles. The van der Waals surface area contributed by atoms with E-state index in [9.17, 15) is 4.79 Å². The molecule has 0 amide bonds. The quantitative estimate of drug-likeness (QED) is 0.407. The molecule has 0 saturated carbocycles. The molecule has 0 aliphatic carbocycles. The number of rotatable bonds is 8. The summed E-state index contributed by atoms with van der Waals surface area (Å²) in [6, 6.07) is 15.1. The van der Waals surface area contributed by atoms with Gasteiger partial charge in [0.05, 0.1) is 11.1 Å². The predicted octanol–water partition coefficient (Wildman–Crippen LogP) is 3.72. The van der Waals surface area contributed by atoms with Crippen LogP contribution in [0, 0.1) is 0 Å². The van der Waals surface area contributed by atoms with Crippen molar-refractivity contribution in [1.29, 1.82) is 0 Å². The average Bonchev–Trinajstić information content (AvgIpc) is 3.31. The van der Waals surface area contributed by atoms with Crippen LogP contribution in [0.2, 0.25) is 0 Å². The van der Waals surface area contributed by atoms with Gasteiger partial charge in [-0.15, -0.1) is 5.10 Å². The van der Waals surface area contributed by atoms with Crippen molar-refractivity contribution in [2.45, 2.75) is 13.3 Å². The van der Waals surface area contributed by atoms with E-state index in [2.05, 4.69) is 23.6 Å². The molecule has 2 heterocycles. The number of nitrogens with zero attached hydrogens (tertiary/aromatic N) is 3. The van der Waals surface area contributed by atoms with Gasteiger partial charge in [-0.25, -0.2) is 0 Å². The highest BCUT2D eigenvalue weighted by Crippen LogP contribution is 2.21. The number of para-hydroxylation sites is 1. The maximum absolute atomic E-state index is 12.8. The summed E-state index contributed by atoms with van der Waals surface area (Å²) < 4.78 is 13.2. The van der Waals surface area contributed by atoms with Crippen LogP contribution in [0.15, 0.2) is 66.0 Å². The molecule has 0 fully saturated rings. The van der Waals surface area contributed by atoms with Crippen molar-refractivity contribution in [1.82, 2.24) is 14.6 Å². The van der Waals surface area contributed by atoms with Gasteiger partial charge in [-0.2, -0.15) is 9.50 Å². The van der Waals surface area contributed by atoms with E-state index in [0.717, 1.165) is 29.0 Å². The Bertz CT molecular complexity index is 1280. The first kappa shape index (κ1) is 19.8. The largest absolute Gasteiger partial charge is 0.493 e. The van der Waals surface area contributed by atoms with Gasteiger partial charge in [0.2, 0.25) is 4.96 Å². The van der Waals surface area contributed by atoms with Crippen LogP contribution in [-0.4, -0.2) is 27.8 Å². The first-order valence-electron chi connectivity index (χ1n) is 9.67. The second kappa shape index (κ2) is 8.92. The summed E-state index contributed by atoms with van der Waals surface area (Å²) in [5.41, 5.74) is 1.49. The molecule has 152 valence electrons. The van der Waals surface area contributed by atoms with Gasteiger partial charge in [-0.3, -0.25) is 4.79 Å². The van der Waals surface area contributed by atoms with Gasteiger partial charge in [0.1, 0.15) is 18.1 Å². The normalized spacial score (nSPS) is 11.7. The smallest absolute Gasteiger partial charge is 0.291 e. The van der Waals surface area contributed by atoms with Crippen molar-refractivity contribution in [2.24, 2.45) is 0 Å². The van der Waals surface area contributed by atoms with E-state index < -0.39 is 0 Å². The lowest BCUT2D eigenvalue weighted by molar-refractivity contribution is 0.317. The molecule has 4 rings (SSSR count). The fraction of sp³-hybridized carbons (Fsp3) is 0.174. The summed E-state index contributed by atoms with van der Waals surface area (Å²) in [4.78, 5) is 17.9. The highest BCUT2D eigenvalue weighted by Gasteiger charge is 2.12. The molecular formula is C23H21N3O3S. The highest BCUT2D eigenvalue weighted by atomic mass is 32.1. The van der Waals surface area contributed by atoms with Crippen LogP contribution in [0.5, 0.6) is 11.5 Å². The molecule has 0 radical (unpaired) electrons. The average molecular weight is 420 g/mol. The topological polar surface area (TPSA) is 65.7 Å². The summed E-state index contributed by atoms with van der Waals surface area (Å²) in [5, 5.41) is 4.40. The van der Waals surface area contributed by atoms with E-state index in [1.54, 1.807) is 6.08 Å². The second-order valence-corrected chi connectivity index (χ2v) is 7.57. The molecule has 0 bridgehead atoms. The molecule has 0 N–H and O–H groups in total. The van der Waals surface area contributed by atoms with Gasteiger partial charge >= 0.3 is 0 Å². The van der Waals surface area contributed by atoms with E-state index in [1.165, 1.54) is 15.9 Å². The summed E-state index contributed by atoms with van der Waals surface area (Å²) in [5.74, 6) is 2.01. The first-order valence-corrected chi connectivity index (χ1v) is 10.5. The Kier molecular flexibility index (Phi) is 5.90. The van der Waals surface area contributed by atoms with E-state index in [0.29, 0.717) is 28.5 Å². The summed E-state index contributed by atoms with van der Waals surface area (Å²) in [6.07, 6.45) is 4.44. The lowest BCUT2D eigenvalue weighted by atomic mass is 10.2. The van der Waals surface area contributed by atoms with Crippen LogP contribution in [0.1, 0.15) is 18.9 Å². The molecule has 0 spiro atoms. The Morgan fingerprint density at radius 3 is 2.67 bits per heavy atom. The zero-order valence-corrected chi connectivity index (χ0v) is 17.4. The number of thiazole rings is 1. The lowest BCUT2D eigenvalue weighted by Crippen LogP contribution is -2.23. The number of fused-ring (bicyclic) bond motifs is 1. The number of hydrogen-bond acceptors (Lipinski definition) is 6. The maximum Gasteiger partial charge on any atom is 0.291 e. The van der Waals surface area contributed by atoms with Crippen LogP contribution in [0.4, 0.5) is 0 Å². The van der Waals surface area contributed by atoms with Crippen molar-refractivity contribution >= 4 is 22.4 Å². The standard InChI is InChI=1S/C23H21N3O3S/c1-3-13-28-18-11-9-16(10-12-18)21-24-23-26(25-21)22(27)20(30-23)15-17-7-5-6-8-19(17)29-14-4-2/h3,5-12,15H,1,4,13-14H2,2H3/b20-15+. The molecule has 7 heteroatoms. The van der Waals surface area contributed by atoms with Crippen LogP contribution in [0.3, 0.4) is 0 Å². The molecule has 30 heavy (non-hydrogen) atoms. The zero-order chi connectivity index (χ0) is 20.9. The van der Waals surface area contributed by atoms with E-state index >= 15 is 0 Å². The molecule has 0 atom stereocenters. The molecule has 2 aromatic carbocycles. The van der Waals surface area contributed by atoms with E-state index in [-0.39, 0.29) is 5.56 Å². The van der Waals surface area contributed by atoms with Crippen molar-refractivity contribution in [3.8, 4) is 22.9 Å². The van der Waals surface area contributed by atoms with Crippen LogP contribution in [-0.2, 0) is 0 Å². The molecule has 0 unspecified atom stereocenters. The van der Waals surface area contributed by atoms with Gasteiger partial charge in [-0.1, -0.05) is 49.1 Å². The minimum absolute atomic E-state index is 0.190. The molecule has 2 aromatic heterocycles. The predicted molar refractivity (Wildman–Crippen MR) is 119 cm³/mol. The fourth-order valence-corrected chi connectivity index (χ4v) is 3.79. The number of hydrogen-bond donors (Lipinski definition) is 0. The molecule has 0 aliphatic rings. The van der Waals surface area contributed by atoms with Gasteiger partial charge in [0.15, 0.2) is 5.82 Å². The van der Waals surface area contributed by atoms with Crippen molar-refractivity contribution in [3.63, 3.8) is 0 Å². The SMILES string of the molecule is C=CCOc1ccc(-c2nc3s/c(=C/c4ccccc4OCCC)c(=O)n3n2)cc1. The van der Waals surface area contributed by atoms with E-state index in [4.69, 9.17) is 9.47 Å². The number of aromatic nitrogens is 3. The van der Waals surface area contributed by atoms with Gasteiger partial charge in [-0.05, 0) is 42.8 Å². The summed E-state index contributed by atoms with van der Waals surface area (Å²) in [7, 11) is 0. The zero-order valence-electron chi connectivity index (χ0n) is 16.6. The van der Waals surface area contributed by atoms with Crippen LogP contribution >= 0.6 is 11.3 Å². The molecular weight excluding hydrogens is 398 g/mol.